The molecule has 0 saturated heterocycles. The van der Waals surface area contributed by atoms with Crippen molar-refractivity contribution in [1.82, 2.24) is 4.98 Å². The second kappa shape index (κ2) is 6.22. The second-order valence-corrected chi connectivity index (χ2v) is 5.85. The average molecular weight is 298 g/mol. The van der Waals surface area contributed by atoms with Crippen LogP contribution >= 0.6 is 11.8 Å². The van der Waals surface area contributed by atoms with E-state index in [4.69, 9.17) is 4.42 Å². The van der Waals surface area contributed by atoms with Gasteiger partial charge in [0.1, 0.15) is 11.5 Å². The van der Waals surface area contributed by atoms with Crippen molar-refractivity contribution in [2.45, 2.75) is 19.2 Å². The smallest absolute Gasteiger partial charge is 0.123 e. The summed E-state index contributed by atoms with van der Waals surface area (Å²) < 4.78 is 5.78. The van der Waals surface area contributed by atoms with Crippen LogP contribution in [0.1, 0.15) is 17.1 Å². The summed E-state index contributed by atoms with van der Waals surface area (Å²) in [5.41, 5.74) is 3.33. The molecule has 0 spiro atoms. The second-order valence-electron chi connectivity index (χ2n) is 4.98. The van der Waals surface area contributed by atoms with E-state index in [9.17, 15) is 0 Å². The summed E-state index contributed by atoms with van der Waals surface area (Å²) in [5, 5.41) is 4.59. The molecule has 21 heavy (non-hydrogen) atoms. The summed E-state index contributed by atoms with van der Waals surface area (Å²) >= 11 is 1.76. The molecular weight excluding hydrogens is 280 g/mol. The highest BCUT2D eigenvalue weighted by Crippen LogP contribution is 2.25. The summed E-state index contributed by atoms with van der Waals surface area (Å²) in [5.74, 6) is 2.89. The highest BCUT2D eigenvalue weighted by Gasteiger charge is 2.06. The Morgan fingerprint density at radius 3 is 2.86 bits per heavy atom. The number of furan rings is 1. The minimum absolute atomic E-state index is 0.682. The number of fused-ring (bicyclic) bond motifs is 1. The fraction of sp³-hybridized carbons (Fsp3) is 0.235. The monoisotopic (exact) mass is 298 g/mol. The number of pyridine rings is 1. The third-order valence-electron chi connectivity index (χ3n) is 3.43. The molecule has 0 radical (unpaired) electrons. The van der Waals surface area contributed by atoms with Gasteiger partial charge in [-0.15, -0.1) is 0 Å². The van der Waals surface area contributed by atoms with Crippen LogP contribution in [0.5, 0.6) is 0 Å². The number of aryl methyl sites for hydroxylation is 1. The zero-order valence-electron chi connectivity index (χ0n) is 12.2. The molecule has 0 atom stereocenters. The first-order chi connectivity index (χ1) is 10.3. The van der Waals surface area contributed by atoms with Crippen LogP contribution < -0.4 is 5.32 Å². The molecule has 1 N–H and O–H groups in total. The van der Waals surface area contributed by atoms with Crippen LogP contribution in [0.3, 0.4) is 0 Å². The standard InChI is InChI=1S/C17H18N2OS/c1-12-5-8-16(15-4-3-9-18-17(12)15)19-10-13-6-7-14(20-13)11-21-2/h3-9,19H,10-11H2,1-2H3. The lowest BCUT2D eigenvalue weighted by Gasteiger charge is -2.09. The van der Waals surface area contributed by atoms with Gasteiger partial charge >= 0.3 is 0 Å². The molecule has 3 rings (SSSR count). The summed E-state index contributed by atoms with van der Waals surface area (Å²) in [6.45, 7) is 2.77. The van der Waals surface area contributed by atoms with Crippen LogP contribution in [-0.4, -0.2) is 11.2 Å². The largest absolute Gasteiger partial charge is 0.463 e. The minimum Gasteiger partial charge on any atom is -0.463 e. The molecule has 1 aromatic carbocycles. The molecule has 0 amide bonds. The van der Waals surface area contributed by atoms with Crippen LogP contribution in [0.15, 0.2) is 47.0 Å². The lowest BCUT2D eigenvalue weighted by Crippen LogP contribution is -1.99. The van der Waals surface area contributed by atoms with Crippen LogP contribution in [0, 0.1) is 6.92 Å². The van der Waals surface area contributed by atoms with Crippen LogP contribution in [0.25, 0.3) is 10.9 Å². The van der Waals surface area contributed by atoms with E-state index in [-0.39, 0.29) is 0 Å². The van der Waals surface area contributed by atoms with Gasteiger partial charge in [0.2, 0.25) is 0 Å². The number of benzene rings is 1. The Bertz CT molecular complexity index is 751. The lowest BCUT2D eigenvalue weighted by atomic mass is 10.1. The predicted octanol–water partition coefficient (Wildman–Crippen LogP) is 4.61. The van der Waals surface area contributed by atoms with E-state index < -0.39 is 0 Å². The zero-order valence-corrected chi connectivity index (χ0v) is 13.0. The lowest BCUT2D eigenvalue weighted by molar-refractivity contribution is 0.487. The Kier molecular flexibility index (Phi) is 4.15. The minimum atomic E-state index is 0.682. The predicted molar refractivity (Wildman–Crippen MR) is 89.7 cm³/mol. The number of hydrogen-bond donors (Lipinski definition) is 1. The first-order valence-corrected chi connectivity index (χ1v) is 8.32. The fourth-order valence-electron chi connectivity index (χ4n) is 2.39. The van der Waals surface area contributed by atoms with Gasteiger partial charge in [-0.05, 0) is 49.1 Å². The van der Waals surface area contributed by atoms with Crippen molar-refractivity contribution in [3.8, 4) is 0 Å². The van der Waals surface area contributed by atoms with Gasteiger partial charge < -0.3 is 9.73 Å². The molecule has 0 aliphatic carbocycles. The molecule has 3 nitrogen and oxygen atoms in total. The maximum absolute atomic E-state index is 5.78. The Morgan fingerprint density at radius 1 is 1.14 bits per heavy atom. The third kappa shape index (κ3) is 3.05. The highest BCUT2D eigenvalue weighted by atomic mass is 32.2. The van der Waals surface area contributed by atoms with Crippen LogP contribution in [-0.2, 0) is 12.3 Å². The third-order valence-corrected chi connectivity index (χ3v) is 4.00. The number of aromatic nitrogens is 1. The van der Waals surface area contributed by atoms with E-state index >= 15 is 0 Å². The zero-order chi connectivity index (χ0) is 14.7. The maximum Gasteiger partial charge on any atom is 0.123 e. The molecular formula is C17H18N2OS. The van der Waals surface area contributed by atoms with Gasteiger partial charge in [-0.1, -0.05) is 6.07 Å². The molecule has 0 saturated carbocycles. The van der Waals surface area contributed by atoms with Gasteiger partial charge in [-0.25, -0.2) is 0 Å². The molecule has 0 bridgehead atoms. The Balaban J connectivity index is 1.80. The quantitative estimate of drug-likeness (QED) is 0.746. The van der Waals surface area contributed by atoms with Crippen molar-refractivity contribution in [2.75, 3.05) is 11.6 Å². The van der Waals surface area contributed by atoms with Gasteiger partial charge in [0.15, 0.2) is 0 Å². The van der Waals surface area contributed by atoms with Gasteiger partial charge in [-0.2, -0.15) is 11.8 Å². The van der Waals surface area contributed by atoms with E-state index in [1.807, 2.05) is 24.4 Å². The highest BCUT2D eigenvalue weighted by molar-refractivity contribution is 7.97. The Hall–Kier alpha value is -1.94. The van der Waals surface area contributed by atoms with Gasteiger partial charge in [-0.3, -0.25) is 4.98 Å². The topological polar surface area (TPSA) is 38.1 Å². The maximum atomic E-state index is 5.78. The normalized spacial score (nSPS) is 11.0. The number of hydrogen-bond acceptors (Lipinski definition) is 4. The summed E-state index contributed by atoms with van der Waals surface area (Å²) in [6, 6.07) is 12.3. The molecule has 0 aliphatic heterocycles. The van der Waals surface area contributed by atoms with E-state index in [2.05, 4.69) is 41.7 Å². The number of rotatable bonds is 5. The number of nitrogens with zero attached hydrogens (tertiary/aromatic N) is 1. The summed E-state index contributed by atoms with van der Waals surface area (Å²) in [7, 11) is 0. The number of nitrogens with one attached hydrogen (secondary N) is 1. The van der Waals surface area contributed by atoms with Crippen molar-refractivity contribution in [2.24, 2.45) is 0 Å². The van der Waals surface area contributed by atoms with E-state index in [1.54, 1.807) is 11.8 Å². The van der Waals surface area contributed by atoms with Crippen LogP contribution in [0.4, 0.5) is 5.69 Å². The van der Waals surface area contributed by atoms with E-state index in [0.29, 0.717) is 6.54 Å². The Morgan fingerprint density at radius 2 is 2.00 bits per heavy atom. The molecule has 2 aromatic heterocycles. The molecule has 3 aromatic rings. The Labute approximate surface area is 128 Å². The summed E-state index contributed by atoms with van der Waals surface area (Å²) in [4.78, 5) is 4.46. The van der Waals surface area contributed by atoms with E-state index in [0.717, 1.165) is 33.9 Å². The van der Waals surface area contributed by atoms with Crippen molar-refractivity contribution >= 4 is 28.4 Å². The van der Waals surface area contributed by atoms with Crippen molar-refractivity contribution in [3.63, 3.8) is 0 Å². The number of anilines is 1. The first kappa shape index (κ1) is 14.0. The first-order valence-electron chi connectivity index (χ1n) is 6.92. The van der Waals surface area contributed by atoms with E-state index in [1.165, 1.54) is 5.56 Å². The fourth-order valence-corrected chi connectivity index (χ4v) is 2.83. The van der Waals surface area contributed by atoms with Crippen molar-refractivity contribution < 1.29 is 4.42 Å². The van der Waals surface area contributed by atoms with Gasteiger partial charge in [0.25, 0.3) is 0 Å². The van der Waals surface area contributed by atoms with Gasteiger partial charge in [0.05, 0.1) is 17.8 Å². The molecule has 0 aliphatic rings. The average Bonchev–Trinajstić information content (AvgIpc) is 2.95. The van der Waals surface area contributed by atoms with Crippen LogP contribution in [0.2, 0.25) is 0 Å². The molecule has 4 heteroatoms. The molecule has 108 valence electrons. The SMILES string of the molecule is CSCc1ccc(CNc2ccc(C)c3ncccc23)o1. The van der Waals surface area contributed by atoms with Gasteiger partial charge in [0, 0.05) is 17.3 Å². The van der Waals surface area contributed by atoms with Crippen molar-refractivity contribution in [1.29, 1.82) is 0 Å². The van der Waals surface area contributed by atoms with Crippen molar-refractivity contribution in [3.05, 3.63) is 59.7 Å². The number of thioether (sulfide) groups is 1. The molecule has 0 fully saturated rings. The summed E-state index contributed by atoms with van der Waals surface area (Å²) in [6.07, 6.45) is 3.91. The molecule has 2 heterocycles. The molecule has 0 unspecified atom stereocenters.